The Bertz CT molecular complexity index is 787. The smallest absolute Gasteiger partial charge is 0.238 e. The van der Waals surface area contributed by atoms with Crippen molar-refractivity contribution < 1.29 is 18.8 Å². The summed E-state index contributed by atoms with van der Waals surface area (Å²) in [5, 5.41) is 8.30. The number of nitrogens with zero attached hydrogens (tertiary/aromatic N) is 1. The van der Waals surface area contributed by atoms with Crippen molar-refractivity contribution in [2.24, 2.45) is 0 Å². The van der Waals surface area contributed by atoms with Gasteiger partial charge in [-0.2, -0.15) is 0 Å². The van der Waals surface area contributed by atoms with Gasteiger partial charge in [0.15, 0.2) is 0 Å². The van der Waals surface area contributed by atoms with Gasteiger partial charge in [0.1, 0.15) is 5.76 Å². The van der Waals surface area contributed by atoms with E-state index in [4.69, 9.17) is 4.42 Å². The van der Waals surface area contributed by atoms with Crippen molar-refractivity contribution in [3.05, 3.63) is 48.4 Å². The van der Waals surface area contributed by atoms with E-state index in [-0.39, 0.29) is 36.9 Å². The summed E-state index contributed by atoms with van der Waals surface area (Å²) < 4.78 is 5.27. The summed E-state index contributed by atoms with van der Waals surface area (Å²) in [6.45, 7) is 5.91. The molecule has 0 spiro atoms. The van der Waals surface area contributed by atoms with Gasteiger partial charge in [0.05, 0.1) is 25.4 Å². The Morgan fingerprint density at radius 2 is 1.61 bits per heavy atom. The third kappa shape index (κ3) is 6.88. The number of amides is 3. The molecule has 0 unspecified atom stereocenters. The van der Waals surface area contributed by atoms with Gasteiger partial charge in [0.25, 0.3) is 0 Å². The van der Waals surface area contributed by atoms with E-state index in [9.17, 15) is 14.4 Å². The molecule has 1 aromatic heterocycles. The van der Waals surface area contributed by atoms with Crippen LogP contribution in [0.25, 0.3) is 0 Å². The molecule has 1 atom stereocenters. The molecule has 3 amide bonds. The van der Waals surface area contributed by atoms with Crippen LogP contribution in [0.15, 0.2) is 47.1 Å². The van der Waals surface area contributed by atoms with Crippen LogP contribution in [0.5, 0.6) is 0 Å². The van der Waals surface area contributed by atoms with Crippen LogP contribution >= 0.6 is 0 Å². The topological polar surface area (TPSA) is 104 Å². The molecule has 8 heteroatoms. The zero-order chi connectivity index (χ0) is 20.5. The van der Waals surface area contributed by atoms with E-state index in [0.29, 0.717) is 23.7 Å². The van der Waals surface area contributed by atoms with E-state index in [0.717, 1.165) is 0 Å². The highest BCUT2D eigenvalue weighted by atomic mass is 16.3. The molecule has 2 aromatic rings. The standard InChI is InChI=1S/C20H26N4O4/c1-4-24(12-19(26)21-14(2)18-6-5-11-28-18)13-20(27)23-17-9-7-16(8-10-17)22-15(3)25/h5-11,14H,4,12-13H2,1-3H3,(H,21,26)(H,22,25)(H,23,27)/t14-/m0/s1. The highest BCUT2D eigenvalue weighted by Gasteiger charge is 2.16. The molecule has 0 aliphatic carbocycles. The Hall–Kier alpha value is -3.13. The molecule has 3 N–H and O–H groups in total. The maximum absolute atomic E-state index is 12.3. The van der Waals surface area contributed by atoms with E-state index in [2.05, 4.69) is 16.0 Å². The van der Waals surface area contributed by atoms with Gasteiger partial charge in [-0.25, -0.2) is 0 Å². The number of anilines is 2. The van der Waals surface area contributed by atoms with Crippen molar-refractivity contribution in [3.63, 3.8) is 0 Å². The number of carbonyl (C=O) groups is 3. The van der Waals surface area contributed by atoms with Crippen molar-refractivity contribution in [2.75, 3.05) is 30.3 Å². The van der Waals surface area contributed by atoms with E-state index in [1.807, 2.05) is 13.8 Å². The van der Waals surface area contributed by atoms with Crippen LogP contribution in [0.4, 0.5) is 11.4 Å². The van der Waals surface area contributed by atoms with Gasteiger partial charge >= 0.3 is 0 Å². The largest absolute Gasteiger partial charge is 0.467 e. The van der Waals surface area contributed by atoms with Gasteiger partial charge in [-0.05, 0) is 49.9 Å². The maximum atomic E-state index is 12.3. The second-order valence-corrected chi connectivity index (χ2v) is 6.41. The highest BCUT2D eigenvalue weighted by Crippen LogP contribution is 2.14. The number of benzene rings is 1. The van der Waals surface area contributed by atoms with Crippen LogP contribution < -0.4 is 16.0 Å². The summed E-state index contributed by atoms with van der Waals surface area (Å²) in [5.74, 6) is 0.117. The Balaban J connectivity index is 1.81. The van der Waals surface area contributed by atoms with Crippen LogP contribution in [0.1, 0.15) is 32.6 Å². The molecule has 0 fully saturated rings. The average Bonchev–Trinajstić information content (AvgIpc) is 3.17. The molecule has 150 valence electrons. The number of furan rings is 1. The van der Waals surface area contributed by atoms with Crippen LogP contribution in [0.2, 0.25) is 0 Å². The molecule has 1 aromatic carbocycles. The summed E-state index contributed by atoms with van der Waals surface area (Å²) in [7, 11) is 0. The Kier molecular flexibility index (Phi) is 7.76. The zero-order valence-corrected chi connectivity index (χ0v) is 16.3. The molecule has 0 aliphatic heterocycles. The SMILES string of the molecule is CCN(CC(=O)Nc1ccc(NC(C)=O)cc1)CC(=O)N[C@@H](C)c1ccco1. The summed E-state index contributed by atoms with van der Waals surface area (Å²) >= 11 is 0. The fraction of sp³-hybridized carbons (Fsp3) is 0.350. The molecular formula is C20H26N4O4. The first-order valence-electron chi connectivity index (χ1n) is 9.10. The van der Waals surface area contributed by atoms with Gasteiger partial charge in [-0.3, -0.25) is 19.3 Å². The Morgan fingerprint density at radius 1 is 1.00 bits per heavy atom. The Labute approximate surface area is 164 Å². The van der Waals surface area contributed by atoms with E-state index < -0.39 is 0 Å². The lowest BCUT2D eigenvalue weighted by molar-refractivity contribution is -0.124. The first-order valence-corrected chi connectivity index (χ1v) is 9.10. The maximum Gasteiger partial charge on any atom is 0.238 e. The molecule has 0 saturated carbocycles. The van der Waals surface area contributed by atoms with Gasteiger partial charge in [0.2, 0.25) is 17.7 Å². The van der Waals surface area contributed by atoms with Crippen LogP contribution in [0, 0.1) is 0 Å². The summed E-state index contributed by atoms with van der Waals surface area (Å²) in [5.41, 5.74) is 1.27. The second kappa shape index (κ2) is 10.3. The Morgan fingerprint density at radius 3 is 2.14 bits per heavy atom. The van der Waals surface area contributed by atoms with Crippen molar-refractivity contribution in [3.8, 4) is 0 Å². The fourth-order valence-electron chi connectivity index (χ4n) is 2.62. The van der Waals surface area contributed by atoms with Crippen molar-refractivity contribution >= 4 is 29.1 Å². The molecule has 8 nitrogen and oxygen atoms in total. The van der Waals surface area contributed by atoms with Crippen molar-refractivity contribution in [1.29, 1.82) is 0 Å². The fourth-order valence-corrected chi connectivity index (χ4v) is 2.62. The molecular weight excluding hydrogens is 360 g/mol. The minimum absolute atomic E-state index is 0.0898. The molecule has 0 radical (unpaired) electrons. The predicted molar refractivity (Wildman–Crippen MR) is 107 cm³/mol. The van der Waals surface area contributed by atoms with Gasteiger partial charge in [-0.1, -0.05) is 6.92 Å². The number of likely N-dealkylation sites (N-methyl/N-ethyl adjacent to an activating group) is 1. The van der Waals surface area contributed by atoms with Gasteiger partial charge in [-0.15, -0.1) is 0 Å². The number of rotatable bonds is 9. The van der Waals surface area contributed by atoms with Crippen LogP contribution in [0.3, 0.4) is 0 Å². The van der Waals surface area contributed by atoms with E-state index >= 15 is 0 Å². The molecule has 0 aliphatic rings. The lowest BCUT2D eigenvalue weighted by Gasteiger charge is -2.20. The predicted octanol–water partition coefficient (Wildman–Crippen LogP) is 2.38. The molecule has 28 heavy (non-hydrogen) atoms. The first-order chi connectivity index (χ1) is 13.4. The number of hydrogen-bond acceptors (Lipinski definition) is 5. The molecule has 0 bridgehead atoms. The lowest BCUT2D eigenvalue weighted by Crippen LogP contribution is -2.41. The zero-order valence-electron chi connectivity index (χ0n) is 16.3. The van der Waals surface area contributed by atoms with Gasteiger partial charge in [0, 0.05) is 18.3 Å². The van der Waals surface area contributed by atoms with Crippen LogP contribution in [-0.4, -0.2) is 42.3 Å². The third-order valence-electron chi connectivity index (χ3n) is 4.02. The number of carbonyl (C=O) groups excluding carboxylic acids is 3. The lowest BCUT2D eigenvalue weighted by atomic mass is 10.2. The average molecular weight is 386 g/mol. The number of nitrogens with one attached hydrogen (secondary N) is 3. The second-order valence-electron chi connectivity index (χ2n) is 6.41. The van der Waals surface area contributed by atoms with E-state index in [1.165, 1.54) is 6.92 Å². The minimum Gasteiger partial charge on any atom is -0.467 e. The van der Waals surface area contributed by atoms with Crippen molar-refractivity contribution in [1.82, 2.24) is 10.2 Å². The van der Waals surface area contributed by atoms with Crippen LogP contribution in [-0.2, 0) is 14.4 Å². The monoisotopic (exact) mass is 386 g/mol. The highest BCUT2D eigenvalue weighted by molar-refractivity contribution is 5.93. The summed E-state index contributed by atoms with van der Waals surface area (Å²) in [4.78, 5) is 37.3. The molecule has 2 rings (SSSR count). The quantitative estimate of drug-likeness (QED) is 0.614. The minimum atomic E-state index is -0.239. The third-order valence-corrected chi connectivity index (χ3v) is 4.02. The normalized spacial score (nSPS) is 11.7. The van der Waals surface area contributed by atoms with Crippen molar-refractivity contribution in [2.45, 2.75) is 26.8 Å². The first kappa shape index (κ1) is 21.2. The molecule has 1 heterocycles. The molecule has 0 saturated heterocycles. The summed E-state index contributed by atoms with van der Waals surface area (Å²) in [6, 6.07) is 10.2. The summed E-state index contributed by atoms with van der Waals surface area (Å²) in [6.07, 6.45) is 1.56. The number of hydrogen-bond donors (Lipinski definition) is 3. The van der Waals surface area contributed by atoms with E-state index in [1.54, 1.807) is 47.6 Å². The van der Waals surface area contributed by atoms with Gasteiger partial charge < -0.3 is 20.4 Å².